The van der Waals surface area contributed by atoms with Crippen molar-refractivity contribution in [1.82, 2.24) is 15.5 Å². The average molecular weight is 372 g/mol. The highest BCUT2D eigenvalue weighted by atomic mass is 16.2. The molecule has 1 fully saturated rings. The zero-order valence-electron chi connectivity index (χ0n) is 16.0. The van der Waals surface area contributed by atoms with Crippen molar-refractivity contribution in [3.05, 3.63) is 34.9 Å². The summed E-state index contributed by atoms with van der Waals surface area (Å²) >= 11 is 0. The second-order valence-corrected chi connectivity index (χ2v) is 7.56. The van der Waals surface area contributed by atoms with Gasteiger partial charge < -0.3 is 16.0 Å². The number of nitrogens with zero attached hydrogens (tertiary/aromatic N) is 1. The van der Waals surface area contributed by atoms with E-state index in [1.54, 1.807) is 4.90 Å². The molecule has 2 heterocycles. The number of hydrogen-bond donors (Lipinski definition) is 3. The van der Waals surface area contributed by atoms with E-state index >= 15 is 0 Å². The van der Waals surface area contributed by atoms with Crippen molar-refractivity contribution in [2.75, 3.05) is 6.54 Å². The molecule has 0 saturated carbocycles. The van der Waals surface area contributed by atoms with Gasteiger partial charge in [-0.15, -0.1) is 0 Å². The summed E-state index contributed by atoms with van der Waals surface area (Å²) in [5, 5.41) is 5.71. The molecule has 0 bridgehead atoms. The van der Waals surface area contributed by atoms with E-state index in [9.17, 15) is 14.4 Å². The smallest absolute Gasteiger partial charge is 0.255 e. The fourth-order valence-corrected chi connectivity index (χ4v) is 3.67. The molecule has 2 aliphatic rings. The number of imide groups is 1. The van der Waals surface area contributed by atoms with Gasteiger partial charge in [-0.2, -0.15) is 0 Å². The van der Waals surface area contributed by atoms with Crippen molar-refractivity contribution in [2.24, 2.45) is 5.73 Å². The van der Waals surface area contributed by atoms with Crippen molar-refractivity contribution in [2.45, 2.75) is 64.2 Å². The van der Waals surface area contributed by atoms with Gasteiger partial charge in [0.05, 0.1) is 0 Å². The van der Waals surface area contributed by atoms with E-state index in [-0.39, 0.29) is 29.7 Å². The highest BCUT2D eigenvalue weighted by Crippen LogP contribution is 2.28. The molecular weight excluding hydrogens is 344 g/mol. The molecule has 7 nitrogen and oxygen atoms in total. The summed E-state index contributed by atoms with van der Waals surface area (Å²) in [6.45, 7) is 5.93. The Morgan fingerprint density at radius 3 is 2.67 bits per heavy atom. The minimum absolute atomic E-state index is 0.142. The van der Waals surface area contributed by atoms with Crippen LogP contribution in [0.5, 0.6) is 0 Å². The Bertz CT molecular complexity index is 758. The van der Waals surface area contributed by atoms with Gasteiger partial charge >= 0.3 is 0 Å². The second kappa shape index (κ2) is 7.78. The number of carbonyl (C=O) groups excluding carboxylic acids is 3. The maximum Gasteiger partial charge on any atom is 0.255 e. The Hall–Kier alpha value is -2.25. The lowest BCUT2D eigenvalue weighted by Gasteiger charge is -2.29. The molecule has 1 saturated heterocycles. The molecule has 0 aliphatic carbocycles. The molecule has 146 valence electrons. The Morgan fingerprint density at radius 2 is 2.00 bits per heavy atom. The van der Waals surface area contributed by atoms with Gasteiger partial charge in [0.25, 0.3) is 5.91 Å². The quantitative estimate of drug-likeness (QED) is 0.621. The zero-order valence-corrected chi connectivity index (χ0v) is 16.0. The van der Waals surface area contributed by atoms with Crippen LogP contribution in [0.3, 0.4) is 0 Å². The maximum atomic E-state index is 12.8. The van der Waals surface area contributed by atoms with E-state index in [0.717, 1.165) is 24.0 Å². The molecule has 27 heavy (non-hydrogen) atoms. The Labute approximate surface area is 159 Å². The zero-order chi connectivity index (χ0) is 19.6. The summed E-state index contributed by atoms with van der Waals surface area (Å²) in [7, 11) is 0. The normalized spacial score (nSPS) is 20.0. The van der Waals surface area contributed by atoms with Gasteiger partial charge in [-0.25, -0.2) is 0 Å². The Balaban J connectivity index is 1.66. The summed E-state index contributed by atoms with van der Waals surface area (Å²) in [5.74, 6) is -0.798. The van der Waals surface area contributed by atoms with E-state index in [0.29, 0.717) is 31.6 Å². The molecule has 3 amide bonds. The highest BCUT2D eigenvalue weighted by molar-refractivity contribution is 6.05. The average Bonchev–Trinajstić information content (AvgIpc) is 2.98. The number of nitrogens with two attached hydrogens (primary N) is 1. The summed E-state index contributed by atoms with van der Waals surface area (Å²) < 4.78 is 0. The summed E-state index contributed by atoms with van der Waals surface area (Å²) in [4.78, 5) is 37.8. The van der Waals surface area contributed by atoms with Crippen molar-refractivity contribution >= 4 is 17.7 Å². The minimum Gasteiger partial charge on any atom is -0.324 e. The number of piperidine rings is 1. The van der Waals surface area contributed by atoms with E-state index in [2.05, 4.69) is 24.5 Å². The van der Waals surface area contributed by atoms with E-state index in [1.165, 1.54) is 0 Å². The molecule has 0 spiro atoms. The van der Waals surface area contributed by atoms with Crippen LogP contribution in [0.25, 0.3) is 0 Å². The predicted octanol–water partition coefficient (Wildman–Crippen LogP) is 1.05. The van der Waals surface area contributed by atoms with Gasteiger partial charge in [-0.1, -0.05) is 26.0 Å². The van der Waals surface area contributed by atoms with Crippen LogP contribution in [0.2, 0.25) is 0 Å². The molecule has 1 unspecified atom stereocenters. The lowest BCUT2D eigenvalue weighted by atomic mass is 9.94. The molecule has 1 atom stereocenters. The van der Waals surface area contributed by atoms with Gasteiger partial charge in [-0.05, 0) is 36.5 Å². The first kappa shape index (κ1) is 19.5. The van der Waals surface area contributed by atoms with E-state index in [4.69, 9.17) is 5.73 Å². The van der Waals surface area contributed by atoms with Crippen LogP contribution in [0.15, 0.2) is 18.2 Å². The maximum absolute atomic E-state index is 12.8. The van der Waals surface area contributed by atoms with Gasteiger partial charge in [-0.3, -0.25) is 19.7 Å². The third-order valence-electron chi connectivity index (χ3n) is 5.81. The number of fused-ring (bicyclic) bond motifs is 1. The van der Waals surface area contributed by atoms with Gasteiger partial charge in [0.1, 0.15) is 6.04 Å². The number of amides is 3. The van der Waals surface area contributed by atoms with Crippen LogP contribution in [0.1, 0.15) is 61.0 Å². The number of benzene rings is 1. The highest BCUT2D eigenvalue weighted by Gasteiger charge is 2.39. The SMILES string of the molecule is CCC(N)(CC)CNCc1ccc2c(c1)C(=O)N(C1CCC(=O)NC1=O)C2. The summed E-state index contributed by atoms with van der Waals surface area (Å²) in [6, 6.07) is 5.28. The molecule has 0 radical (unpaired) electrons. The monoisotopic (exact) mass is 372 g/mol. The topological polar surface area (TPSA) is 105 Å². The molecule has 7 heteroatoms. The molecule has 0 aromatic heterocycles. The summed E-state index contributed by atoms with van der Waals surface area (Å²) in [5.41, 5.74) is 8.68. The van der Waals surface area contributed by atoms with Crippen molar-refractivity contribution in [3.8, 4) is 0 Å². The third kappa shape index (κ3) is 4.04. The fraction of sp³-hybridized carbons (Fsp3) is 0.550. The lowest BCUT2D eigenvalue weighted by molar-refractivity contribution is -0.136. The van der Waals surface area contributed by atoms with Crippen molar-refractivity contribution in [3.63, 3.8) is 0 Å². The standard InChI is InChI=1S/C20H28N4O3/c1-3-20(21,4-2)12-22-10-13-5-6-14-11-24(19(27)15(14)9-13)16-7-8-17(25)23-18(16)26/h5-6,9,16,22H,3-4,7-8,10-12,21H2,1-2H3,(H,23,25,26). The fourth-order valence-electron chi connectivity index (χ4n) is 3.67. The second-order valence-electron chi connectivity index (χ2n) is 7.56. The van der Waals surface area contributed by atoms with Crippen LogP contribution in [0, 0.1) is 0 Å². The number of rotatable bonds is 7. The molecule has 1 aromatic carbocycles. The first-order valence-electron chi connectivity index (χ1n) is 9.63. The van der Waals surface area contributed by atoms with E-state index < -0.39 is 6.04 Å². The van der Waals surface area contributed by atoms with Gasteiger partial charge in [0.15, 0.2) is 0 Å². The van der Waals surface area contributed by atoms with Crippen LogP contribution in [-0.4, -0.2) is 40.7 Å². The number of nitrogens with one attached hydrogen (secondary N) is 2. The molecule has 4 N–H and O–H groups in total. The molecular formula is C20H28N4O3. The Kier molecular flexibility index (Phi) is 5.62. The van der Waals surface area contributed by atoms with Gasteiger partial charge in [0.2, 0.25) is 11.8 Å². The summed E-state index contributed by atoms with van der Waals surface area (Å²) in [6.07, 6.45) is 2.45. The molecule has 2 aliphatic heterocycles. The largest absolute Gasteiger partial charge is 0.324 e. The first-order valence-corrected chi connectivity index (χ1v) is 9.63. The Morgan fingerprint density at radius 1 is 1.26 bits per heavy atom. The van der Waals surface area contributed by atoms with Crippen LogP contribution >= 0.6 is 0 Å². The minimum atomic E-state index is -0.573. The van der Waals surface area contributed by atoms with Crippen molar-refractivity contribution < 1.29 is 14.4 Å². The molecule has 1 aromatic rings. The predicted molar refractivity (Wildman–Crippen MR) is 102 cm³/mol. The van der Waals surface area contributed by atoms with Crippen LogP contribution in [0.4, 0.5) is 0 Å². The molecule has 3 rings (SSSR count). The van der Waals surface area contributed by atoms with E-state index in [1.807, 2.05) is 18.2 Å². The number of hydrogen-bond acceptors (Lipinski definition) is 5. The van der Waals surface area contributed by atoms with Crippen LogP contribution < -0.4 is 16.4 Å². The van der Waals surface area contributed by atoms with Crippen LogP contribution in [-0.2, 0) is 22.7 Å². The third-order valence-corrected chi connectivity index (χ3v) is 5.81. The lowest BCUT2D eigenvalue weighted by Crippen LogP contribution is -2.52. The number of carbonyl (C=O) groups is 3. The van der Waals surface area contributed by atoms with Gasteiger partial charge in [0, 0.05) is 37.2 Å². The van der Waals surface area contributed by atoms with Crippen molar-refractivity contribution in [1.29, 1.82) is 0 Å². The first-order chi connectivity index (χ1) is 12.9.